The Morgan fingerprint density at radius 2 is 2.50 bits per heavy atom. The van der Waals surface area contributed by atoms with Gasteiger partial charge < -0.3 is 15.2 Å². The molecule has 1 saturated heterocycles. The van der Waals surface area contributed by atoms with Gasteiger partial charge in [-0.1, -0.05) is 0 Å². The van der Waals surface area contributed by atoms with Gasteiger partial charge in [-0.05, 0) is 0 Å². The van der Waals surface area contributed by atoms with E-state index in [0.717, 1.165) is 0 Å². The van der Waals surface area contributed by atoms with Crippen LogP contribution < -0.4 is 5.32 Å². The fraction of sp³-hybridized carbons (Fsp3) is 0.857. The maximum atomic E-state index is 10.8. The van der Waals surface area contributed by atoms with Crippen LogP contribution in [0.4, 0.5) is 0 Å². The minimum Gasteiger partial charge on any atom is -0.389 e. The molecule has 0 aromatic rings. The Kier molecular flexibility index (Phi) is 3.84. The number of aliphatic hydroxyl groups is 1. The molecule has 1 heterocycles. The van der Waals surface area contributed by atoms with Crippen LogP contribution in [-0.2, 0) is 9.53 Å². The number of aliphatic hydroxyl groups excluding tert-OH is 1. The number of ether oxygens (including phenoxy) is 1. The first-order valence-electron chi connectivity index (χ1n) is 3.82. The van der Waals surface area contributed by atoms with Crippen LogP contribution in [0.15, 0.2) is 0 Å². The van der Waals surface area contributed by atoms with Crippen molar-refractivity contribution < 1.29 is 14.6 Å². The van der Waals surface area contributed by atoms with Crippen molar-refractivity contribution >= 4 is 17.7 Å². The summed E-state index contributed by atoms with van der Waals surface area (Å²) in [4.78, 5) is 10.8. The largest absolute Gasteiger partial charge is 0.389 e. The van der Waals surface area contributed by atoms with Crippen molar-refractivity contribution in [1.29, 1.82) is 0 Å². The van der Waals surface area contributed by atoms with E-state index >= 15 is 0 Å². The lowest BCUT2D eigenvalue weighted by Gasteiger charge is -2.10. The molecule has 2 atom stereocenters. The molecule has 0 aromatic heterocycles. The second kappa shape index (κ2) is 4.69. The summed E-state index contributed by atoms with van der Waals surface area (Å²) < 4.78 is 5.03. The first-order chi connectivity index (χ1) is 5.74. The zero-order valence-corrected chi connectivity index (χ0v) is 7.76. The Labute approximate surface area is 75.7 Å². The number of nitrogens with one attached hydrogen (secondary N) is 1. The van der Waals surface area contributed by atoms with Gasteiger partial charge >= 0.3 is 0 Å². The Morgan fingerprint density at radius 1 is 1.75 bits per heavy atom. The van der Waals surface area contributed by atoms with Crippen LogP contribution in [0.5, 0.6) is 0 Å². The van der Waals surface area contributed by atoms with Gasteiger partial charge in [-0.25, -0.2) is 0 Å². The molecule has 0 radical (unpaired) electrons. The summed E-state index contributed by atoms with van der Waals surface area (Å²) in [6.45, 7) is 0.939. The highest BCUT2D eigenvalue weighted by molar-refractivity contribution is 8.00. The SMILES string of the molecule is CNC(=O)CSC1COCC1O. The van der Waals surface area contributed by atoms with E-state index in [9.17, 15) is 9.90 Å². The molecule has 0 saturated carbocycles. The molecule has 12 heavy (non-hydrogen) atoms. The van der Waals surface area contributed by atoms with Crippen LogP contribution >= 0.6 is 11.8 Å². The summed E-state index contributed by atoms with van der Waals surface area (Å²) in [5.74, 6) is 0.376. The van der Waals surface area contributed by atoms with E-state index in [2.05, 4.69) is 5.32 Å². The highest BCUT2D eigenvalue weighted by Crippen LogP contribution is 2.20. The molecule has 2 unspecified atom stereocenters. The molecule has 1 aliphatic rings. The predicted octanol–water partition coefficient (Wildman–Crippen LogP) is -0.775. The quantitative estimate of drug-likeness (QED) is 0.615. The molecule has 1 rings (SSSR count). The lowest BCUT2D eigenvalue weighted by Crippen LogP contribution is -2.25. The van der Waals surface area contributed by atoms with Gasteiger partial charge in [-0.15, -0.1) is 11.8 Å². The molecule has 4 nitrogen and oxygen atoms in total. The summed E-state index contributed by atoms with van der Waals surface area (Å²) in [6, 6.07) is 0. The van der Waals surface area contributed by atoms with E-state index in [-0.39, 0.29) is 11.2 Å². The van der Waals surface area contributed by atoms with Crippen molar-refractivity contribution in [3.63, 3.8) is 0 Å². The fourth-order valence-corrected chi connectivity index (χ4v) is 1.94. The van der Waals surface area contributed by atoms with E-state index in [1.54, 1.807) is 7.05 Å². The first-order valence-corrected chi connectivity index (χ1v) is 4.87. The summed E-state index contributed by atoms with van der Waals surface area (Å²) in [7, 11) is 1.60. The van der Waals surface area contributed by atoms with Gasteiger partial charge in [0.1, 0.15) is 0 Å². The summed E-state index contributed by atoms with van der Waals surface area (Å²) in [6.07, 6.45) is -0.417. The minimum atomic E-state index is -0.417. The number of hydrogen-bond donors (Lipinski definition) is 2. The van der Waals surface area contributed by atoms with Crippen LogP contribution in [0.3, 0.4) is 0 Å². The van der Waals surface area contributed by atoms with Crippen molar-refractivity contribution in [3.05, 3.63) is 0 Å². The van der Waals surface area contributed by atoms with Crippen LogP contribution in [0.25, 0.3) is 0 Å². The van der Waals surface area contributed by atoms with Gasteiger partial charge in [-0.2, -0.15) is 0 Å². The monoisotopic (exact) mass is 191 g/mol. The lowest BCUT2D eigenvalue weighted by molar-refractivity contribution is -0.118. The molecular formula is C7H13NO3S. The lowest BCUT2D eigenvalue weighted by atomic mass is 10.3. The average molecular weight is 191 g/mol. The van der Waals surface area contributed by atoms with Gasteiger partial charge in [0.2, 0.25) is 5.91 Å². The van der Waals surface area contributed by atoms with E-state index < -0.39 is 6.10 Å². The standard InChI is InChI=1S/C7H13NO3S/c1-8-7(10)4-12-6-3-11-2-5(6)9/h5-6,9H,2-4H2,1H3,(H,8,10). The Balaban J connectivity index is 2.18. The number of amides is 1. The molecule has 70 valence electrons. The normalized spacial score (nSPS) is 28.8. The van der Waals surface area contributed by atoms with Crippen LogP contribution in [0, 0.1) is 0 Å². The van der Waals surface area contributed by atoms with Gasteiger partial charge in [-0.3, -0.25) is 4.79 Å². The number of carbonyl (C=O) groups excluding carboxylic acids is 1. The molecule has 1 fully saturated rings. The molecule has 2 N–H and O–H groups in total. The summed E-state index contributed by atoms with van der Waals surface area (Å²) in [5, 5.41) is 11.9. The van der Waals surface area contributed by atoms with Gasteiger partial charge in [0.05, 0.1) is 30.3 Å². The molecule has 0 aliphatic carbocycles. The molecule has 1 amide bonds. The molecule has 5 heteroatoms. The van der Waals surface area contributed by atoms with E-state index in [4.69, 9.17) is 4.74 Å². The Hall–Kier alpha value is -0.260. The maximum Gasteiger partial charge on any atom is 0.229 e. The summed E-state index contributed by atoms with van der Waals surface area (Å²) >= 11 is 1.44. The maximum absolute atomic E-state index is 10.8. The zero-order chi connectivity index (χ0) is 8.97. The van der Waals surface area contributed by atoms with E-state index in [1.165, 1.54) is 11.8 Å². The van der Waals surface area contributed by atoms with Crippen LogP contribution in [0.1, 0.15) is 0 Å². The number of hydrogen-bond acceptors (Lipinski definition) is 4. The second-order valence-electron chi connectivity index (χ2n) is 2.63. The predicted molar refractivity (Wildman–Crippen MR) is 47.1 cm³/mol. The van der Waals surface area contributed by atoms with Crippen molar-refractivity contribution in [2.75, 3.05) is 26.0 Å². The van der Waals surface area contributed by atoms with E-state index in [0.29, 0.717) is 19.0 Å². The second-order valence-corrected chi connectivity index (χ2v) is 3.85. The van der Waals surface area contributed by atoms with Gasteiger partial charge in [0, 0.05) is 7.05 Å². The Bertz CT molecular complexity index is 165. The van der Waals surface area contributed by atoms with Gasteiger partial charge in [0.25, 0.3) is 0 Å². The number of thioether (sulfide) groups is 1. The molecule has 0 spiro atoms. The highest BCUT2D eigenvalue weighted by atomic mass is 32.2. The number of rotatable bonds is 3. The third-order valence-corrected chi connectivity index (χ3v) is 3.01. The van der Waals surface area contributed by atoms with Crippen molar-refractivity contribution in [2.24, 2.45) is 0 Å². The third-order valence-electron chi connectivity index (χ3n) is 1.71. The molecule has 1 aliphatic heterocycles. The van der Waals surface area contributed by atoms with Crippen molar-refractivity contribution in [2.45, 2.75) is 11.4 Å². The smallest absolute Gasteiger partial charge is 0.229 e. The average Bonchev–Trinajstić information content (AvgIpc) is 2.47. The van der Waals surface area contributed by atoms with E-state index in [1.807, 2.05) is 0 Å². The minimum absolute atomic E-state index is 0.0147. The Morgan fingerprint density at radius 3 is 3.00 bits per heavy atom. The van der Waals surface area contributed by atoms with Crippen molar-refractivity contribution in [1.82, 2.24) is 5.32 Å². The topological polar surface area (TPSA) is 58.6 Å². The molecule has 0 bridgehead atoms. The molecule has 0 aromatic carbocycles. The first kappa shape index (κ1) is 9.83. The van der Waals surface area contributed by atoms with Gasteiger partial charge in [0.15, 0.2) is 0 Å². The van der Waals surface area contributed by atoms with Crippen molar-refractivity contribution in [3.8, 4) is 0 Å². The summed E-state index contributed by atoms with van der Waals surface area (Å²) in [5.41, 5.74) is 0. The molecular weight excluding hydrogens is 178 g/mol. The zero-order valence-electron chi connectivity index (χ0n) is 6.95. The highest BCUT2D eigenvalue weighted by Gasteiger charge is 2.26. The number of carbonyl (C=O) groups is 1. The van der Waals surface area contributed by atoms with Crippen LogP contribution in [0.2, 0.25) is 0 Å². The fourth-order valence-electron chi connectivity index (χ4n) is 0.937. The third kappa shape index (κ3) is 2.66. The van der Waals surface area contributed by atoms with Crippen LogP contribution in [-0.4, -0.2) is 48.4 Å².